The number of aliphatic hydroxyl groups excluding tert-OH is 1. The first-order valence-corrected chi connectivity index (χ1v) is 11.0. The van der Waals surface area contributed by atoms with Crippen LogP contribution < -0.4 is 0 Å². The fourth-order valence-electron chi connectivity index (χ4n) is 5.96. The number of hydrogen-bond acceptors (Lipinski definition) is 2. The second-order valence-corrected chi connectivity index (χ2v) is 9.65. The summed E-state index contributed by atoms with van der Waals surface area (Å²) in [7, 11) is 0. The van der Waals surface area contributed by atoms with E-state index in [-0.39, 0.29) is 11.5 Å². The summed E-state index contributed by atoms with van der Waals surface area (Å²) in [5, 5.41) is 20.0. The molecule has 3 aliphatic rings. The lowest BCUT2D eigenvalue weighted by atomic mass is 9.55. The number of aromatic hydroxyl groups is 1. The van der Waals surface area contributed by atoms with E-state index in [9.17, 15) is 10.2 Å². The number of halogens is 1. The molecular formula is C24H29BrO2. The van der Waals surface area contributed by atoms with Crippen LogP contribution in [-0.2, 0) is 6.42 Å². The quantitative estimate of drug-likeness (QED) is 0.535. The van der Waals surface area contributed by atoms with Gasteiger partial charge in [-0.25, -0.2) is 0 Å². The second-order valence-electron chi connectivity index (χ2n) is 8.73. The second kappa shape index (κ2) is 7.60. The van der Waals surface area contributed by atoms with Crippen LogP contribution >= 0.6 is 15.9 Å². The Kier molecular flexibility index (Phi) is 5.35. The summed E-state index contributed by atoms with van der Waals surface area (Å²) in [5.41, 5.74) is 2.99. The number of aliphatic hydroxyl groups is 1. The Labute approximate surface area is 170 Å². The highest BCUT2D eigenvalue weighted by Crippen LogP contribution is 2.60. The van der Waals surface area contributed by atoms with Crippen LogP contribution in [0.2, 0.25) is 0 Å². The molecule has 0 radical (unpaired) electrons. The third kappa shape index (κ3) is 3.56. The highest BCUT2D eigenvalue weighted by atomic mass is 79.9. The molecule has 0 saturated heterocycles. The van der Waals surface area contributed by atoms with Crippen molar-refractivity contribution in [3.63, 3.8) is 0 Å². The molecule has 0 amide bonds. The molecule has 2 N–H and O–H groups in total. The predicted molar refractivity (Wildman–Crippen MR) is 113 cm³/mol. The molecule has 0 spiro atoms. The highest BCUT2D eigenvalue weighted by molar-refractivity contribution is 9.10. The fourth-order valence-corrected chi connectivity index (χ4v) is 6.26. The van der Waals surface area contributed by atoms with Gasteiger partial charge in [-0.1, -0.05) is 47.1 Å². The number of phenolic OH excluding ortho intramolecular Hbond substituents is 1. The minimum Gasteiger partial charge on any atom is -0.508 e. The molecule has 0 bridgehead atoms. The lowest BCUT2D eigenvalue weighted by Gasteiger charge is -2.50. The molecule has 2 nitrogen and oxygen atoms in total. The number of aryl methyl sites for hydroxylation is 1. The highest BCUT2D eigenvalue weighted by Gasteiger charge is 2.54. The van der Waals surface area contributed by atoms with E-state index in [2.05, 4.69) is 28.9 Å². The summed E-state index contributed by atoms with van der Waals surface area (Å²) < 4.78 is 1.13. The molecule has 5 atom stereocenters. The summed E-state index contributed by atoms with van der Waals surface area (Å²) in [6.45, 7) is 2.32. The third-order valence-electron chi connectivity index (χ3n) is 7.39. The Bertz CT molecular complexity index is 790. The fraction of sp³-hybridized carbons (Fsp3) is 0.500. The van der Waals surface area contributed by atoms with E-state index in [4.69, 9.17) is 0 Å². The Morgan fingerprint density at radius 1 is 1.00 bits per heavy atom. The number of benzene rings is 2. The van der Waals surface area contributed by atoms with E-state index < -0.39 is 0 Å². The molecule has 0 heterocycles. The largest absolute Gasteiger partial charge is 0.508 e. The molecule has 2 aromatic rings. The monoisotopic (exact) mass is 428 g/mol. The van der Waals surface area contributed by atoms with Crippen LogP contribution in [0.1, 0.15) is 56.1 Å². The molecule has 3 heteroatoms. The van der Waals surface area contributed by atoms with Crippen molar-refractivity contribution in [3.05, 3.63) is 64.1 Å². The van der Waals surface area contributed by atoms with Crippen molar-refractivity contribution in [2.24, 2.45) is 17.3 Å². The van der Waals surface area contributed by atoms with Crippen molar-refractivity contribution in [3.8, 4) is 5.75 Å². The van der Waals surface area contributed by atoms with E-state index in [1.54, 1.807) is 0 Å². The van der Waals surface area contributed by atoms with Crippen LogP contribution in [0.5, 0.6) is 5.75 Å². The standard InChI is InChI=1S/C18H24O2.C6H5Br/c1-18-9-8-14-13-5-3-12(19)10-11(13)2-4-15(14)16(18)6-7-17(18)20;7-6-4-2-1-3-5-6/h3,5,10,14-17,19-20H,2,4,6-9H2,1H3;1-5H/t14-,15-,16+,17+,18+;/m1./s1. The van der Waals surface area contributed by atoms with Gasteiger partial charge in [-0.05, 0) is 97.1 Å². The van der Waals surface area contributed by atoms with Gasteiger partial charge in [0.25, 0.3) is 0 Å². The Morgan fingerprint density at radius 3 is 2.48 bits per heavy atom. The Morgan fingerprint density at radius 2 is 1.78 bits per heavy atom. The zero-order chi connectivity index (χ0) is 19.0. The number of hydrogen-bond donors (Lipinski definition) is 2. The molecule has 3 aliphatic carbocycles. The van der Waals surface area contributed by atoms with Crippen molar-refractivity contribution < 1.29 is 10.2 Å². The maximum absolute atomic E-state index is 10.4. The zero-order valence-electron chi connectivity index (χ0n) is 15.9. The zero-order valence-corrected chi connectivity index (χ0v) is 17.5. The lowest BCUT2D eigenvalue weighted by molar-refractivity contribution is -0.0226. The van der Waals surface area contributed by atoms with Crippen LogP contribution in [0.25, 0.3) is 0 Å². The van der Waals surface area contributed by atoms with Crippen LogP contribution in [0.4, 0.5) is 0 Å². The first-order valence-electron chi connectivity index (χ1n) is 10.2. The summed E-state index contributed by atoms with van der Waals surface area (Å²) in [6, 6.07) is 15.9. The molecule has 2 fully saturated rings. The lowest BCUT2D eigenvalue weighted by Crippen LogP contribution is -2.43. The molecule has 0 aliphatic heterocycles. The van der Waals surface area contributed by atoms with Gasteiger partial charge < -0.3 is 10.2 Å². The smallest absolute Gasteiger partial charge is 0.115 e. The van der Waals surface area contributed by atoms with Gasteiger partial charge in [-0.2, -0.15) is 0 Å². The summed E-state index contributed by atoms with van der Waals surface area (Å²) >= 11 is 3.31. The van der Waals surface area contributed by atoms with Gasteiger partial charge in [0.1, 0.15) is 5.75 Å². The van der Waals surface area contributed by atoms with Crippen molar-refractivity contribution in [1.29, 1.82) is 0 Å². The predicted octanol–water partition coefficient (Wildman–Crippen LogP) is 6.06. The van der Waals surface area contributed by atoms with Crippen molar-refractivity contribution in [1.82, 2.24) is 0 Å². The molecular weight excluding hydrogens is 400 g/mol. The van der Waals surface area contributed by atoms with Gasteiger partial charge in [0, 0.05) is 4.47 Å². The van der Waals surface area contributed by atoms with Gasteiger partial charge >= 0.3 is 0 Å². The van der Waals surface area contributed by atoms with E-state index in [1.807, 2.05) is 42.5 Å². The average Bonchev–Trinajstić information content (AvgIpc) is 2.97. The maximum Gasteiger partial charge on any atom is 0.115 e. The van der Waals surface area contributed by atoms with Gasteiger partial charge in [0.05, 0.1) is 6.10 Å². The molecule has 27 heavy (non-hydrogen) atoms. The topological polar surface area (TPSA) is 40.5 Å². The van der Waals surface area contributed by atoms with Crippen LogP contribution in [0.15, 0.2) is 53.0 Å². The molecule has 144 valence electrons. The number of phenols is 1. The Hall–Kier alpha value is -1.32. The van der Waals surface area contributed by atoms with Gasteiger partial charge in [-0.15, -0.1) is 0 Å². The summed E-state index contributed by atoms with van der Waals surface area (Å²) in [5.74, 6) is 2.49. The molecule has 2 aromatic carbocycles. The third-order valence-corrected chi connectivity index (χ3v) is 7.92. The van der Waals surface area contributed by atoms with Crippen LogP contribution in [0.3, 0.4) is 0 Å². The van der Waals surface area contributed by atoms with Crippen molar-refractivity contribution >= 4 is 15.9 Å². The number of fused-ring (bicyclic) bond motifs is 5. The number of rotatable bonds is 0. The normalized spacial score (nSPS) is 33.9. The van der Waals surface area contributed by atoms with Gasteiger partial charge in [0.2, 0.25) is 0 Å². The van der Waals surface area contributed by atoms with E-state index >= 15 is 0 Å². The van der Waals surface area contributed by atoms with E-state index in [1.165, 1.54) is 30.4 Å². The summed E-state index contributed by atoms with van der Waals surface area (Å²) in [4.78, 5) is 0. The maximum atomic E-state index is 10.4. The average molecular weight is 429 g/mol. The first kappa shape index (κ1) is 19.0. The first-order chi connectivity index (χ1) is 13.0. The SMILES string of the molecule is Brc1ccccc1.C[C@]12CC[C@@H]3c4ccc(O)cc4CC[C@H]3[C@@H]1CC[C@@H]2O. The minimum atomic E-state index is -0.0883. The molecule has 2 saturated carbocycles. The minimum absolute atomic E-state index is 0.0883. The van der Waals surface area contributed by atoms with Crippen LogP contribution in [-0.4, -0.2) is 16.3 Å². The molecule has 0 unspecified atom stereocenters. The van der Waals surface area contributed by atoms with Crippen molar-refractivity contribution in [2.75, 3.05) is 0 Å². The molecule has 5 rings (SSSR count). The summed E-state index contributed by atoms with van der Waals surface area (Å²) in [6.07, 6.45) is 6.78. The molecule has 0 aromatic heterocycles. The van der Waals surface area contributed by atoms with E-state index in [0.29, 0.717) is 17.6 Å². The van der Waals surface area contributed by atoms with Gasteiger partial charge in [0.15, 0.2) is 0 Å². The van der Waals surface area contributed by atoms with Gasteiger partial charge in [-0.3, -0.25) is 0 Å². The van der Waals surface area contributed by atoms with E-state index in [0.717, 1.165) is 29.7 Å². The Balaban J connectivity index is 0.000000218. The van der Waals surface area contributed by atoms with Crippen LogP contribution in [0, 0.1) is 17.3 Å². The van der Waals surface area contributed by atoms with Crippen molar-refractivity contribution in [2.45, 2.75) is 57.5 Å².